The van der Waals surface area contributed by atoms with Crippen molar-refractivity contribution in [2.45, 2.75) is 64.9 Å². The monoisotopic (exact) mass is 330 g/mol. The van der Waals surface area contributed by atoms with Crippen LogP contribution in [-0.2, 0) is 4.79 Å². The Morgan fingerprint density at radius 2 is 1.92 bits per heavy atom. The van der Waals surface area contributed by atoms with Crippen molar-refractivity contribution in [1.29, 1.82) is 0 Å². The van der Waals surface area contributed by atoms with Crippen molar-refractivity contribution < 1.29 is 15.0 Å². The first kappa shape index (κ1) is 16.5. The maximum absolute atomic E-state index is 12.3. The summed E-state index contributed by atoms with van der Waals surface area (Å²) in [7, 11) is 0. The molecule has 3 fully saturated rings. The summed E-state index contributed by atoms with van der Waals surface area (Å²) in [5.74, 6) is 1.13. The van der Waals surface area contributed by atoms with Gasteiger partial charge < -0.3 is 10.2 Å². The van der Waals surface area contributed by atoms with Gasteiger partial charge in [0.1, 0.15) is 6.61 Å². The van der Waals surface area contributed by atoms with Crippen LogP contribution >= 0.6 is 0 Å². The summed E-state index contributed by atoms with van der Waals surface area (Å²) in [6, 6.07) is 0. The number of fused-ring (bicyclic) bond motifs is 5. The number of ketones is 1. The summed E-state index contributed by atoms with van der Waals surface area (Å²) in [5, 5.41) is 19.4. The lowest BCUT2D eigenvalue weighted by atomic mass is 9.50. The summed E-state index contributed by atoms with van der Waals surface area (Å²) in [4.78, 5) is 12.3. The van der Waals surface area contributed by atoms with E-state index in [0.29, 0.717) is 11.8 Å². The molecule has 4 aliphatic rings. The van der Waals surface area contributed by atoms with Gasteiger partial charge in [0, 0.05) is 5.92 Å². The zero-order valence-corrected chi connectivity index (χ0v) is 14.9. The normalized spacial score (nSPS) is 47.2. The highest BCUT2D eigenvalue weighted by atomic mass is 16.3. The third-order valence-electron chi connectivity index (χ3n) is 8.09. The van der Waals surface area contributed by atoms with Gasteiger partial charge in [-0.3, -0.25) is 4.79 Å². The van der Waals surface area contributed by atoms with Crippen molar-refractivity contribution in [3.63, 3.8) is 0 Å². The van der Waals surface area contributed by atoms with Crippen molar-refractivity contribution >= 4 is 5.78 Å². The van der Waals surface area contributed by atoms with E-state index < -0.39 is 0 Å². The van der Waals surface area contributed by atoms with Gasteiger partial charge in [0.05, 0.1) is 6.10 Å². The number of hydrogen-bond donors (Lipinski definition) is 2. The van der Waals surface area contributed by atoms with Crippen LogP contribution in [0.25, 0.3) is 0 Å². The first-order valence-electron chi connectivity index (χ1n) is 9.63. The molecule has 24 heavy (non-hydrogen) atoms. The van der Waals surface area contributed by atoms with Crippen molar-refractivity contribution in [2.75, 3.05) is 6.61 Å². The molecule has 0 bridgehead atoms. The quantitative estimate of drug-likeness (QED) is 0.816. The van der Waals surface area contributed by atoms with Crippen LogP contribution in [0.4, 0.5) is 0 Å². The predicted molar refractivity (Wildman–Crippen MR) is 93.3 cm³/mol. The summed E-state index contributed by atoms with van der Waals surface area (Å²) in [6.07, 6.45) is 11.5. The molecular weight excluding hydrogens is 300 g/mol. The molecule has 3 saturated carbocycles. The Balaban J connectivity index is 1.69. The van der Waals surface area contributed by atoms with Crippen LogP contribution in [0.1, 0.15) is 58.8 Å². The van der Waals surface area contributed by atoms with Crippen LogP contribution in [0.5, 0.6) is 0 Å². The van der Waals surface area contributed by atoms with Crippen LogP contribution < -0.4 is 0 Å². The fraction of sp³-hybridized carbons (Fsp3) is 0.762. The lowest BCUT2D eigenvalue weighted by Gasteiger charge is -2.54. The van der Waals surface area contributed by atoms with E-state index in [1.807, 2.05) is 0 Å². The number of aliphatic hydroxyl groups excluding tert-OH is 2. The molecule has 0 amide bonds. The van der Waals surface area contributed by atoms with Gasteiger partial charge in [0.15, 0.2) is 5.78 Å². The highest BCUT2D eigenvalue weighted by Gasteiger charge is 2.57. The summed E-state index contributed by atoms with van der Waals surface area (Å²) in [6.45, 7) is 4.37. The Morgan fingerprint density at radius 3 is 2.67 bits per heavy atom. The molecule has 4 aliphatic carbocycles. The van der Waals surface area contributed by atoms with Crippen molar-refractivity contribution in [2.24, 2.45) is 28.6 Å². The molecule has 132 valence electrons. The number of rotatable bonds is 2. The highest BCUT2D eigenvalue weighted by Crippen LogP contribution is 2.64. The van der Waals surface area contributed by atoms with Crippen LogP contribution in [0.2, 0.25) is 0 Å². The van der Waals surface area contributed by atoms with E-state index in [1.165, 1.54) is 5.57 Å². The number of carbonyl (C=O) groups is 1. The first-order chi connectivity index (χ1) is 11.4. The zero-order valence-electron chi connectivity index (χ0n) is 14.9. The number of hydrogen-bond acceptors (Lipinski definition) is 3. The first-order valence-corrected chi connectivity index (χ1v) is 9.63. The standard InChI is InChI=1S/C21H30O3/c1-20-9-7-14(23)11-13(20)3-4-15-16-5-6-18(19(24)12-22)21(16,2)10-8-17(15)20/h3-4,14,16-18,22-23H,5-12H2,1-2H3. The van der Waals surface area contributed by atoms with Crippen LogP contribution in [0.3, 0.4) is 0 Å². The topological polar surface area (TPSA) is 57.5 Å². The van der Waals surface area contributed by atoms with Crippen molar-refractivity contribution in [3.05, 3.63) is 23.3 Å². The third-order valence-corrected chi connectivity index (χ3v) is 8.09. The lowest BCUT2D eigenvalue weighted by molar-refractivity contribution is -0.129. The number of carbonyl (C=O) groups excluding carboxylic acids is 1. The van der Waals surface area contributed by atoms with Gasteiger partial charge in [-0.05, 0) is 67.6 Å². The fourth-order valence-corrected chi connectivity index (χ4v) is 6.62. The Labute approximate surface area is 144 Å². The second-order valence-corrected chi connectivity index (χ2v) is 9.08. The molecule has 3 nitrogen and oxygen atoms in total. The molecule has 0 saturated heterocycles. The molecule has 0 aromatic rings. The average Bonchev–Trinajstić information content (AvgIpc) is 2.92. The summed E-state index contributed by atoms with van der Waals surface area (Å²) in [5.41, 5.74) is 3.21. The number of Topliss-reactive ketones (excluding diaryl/α,β-unsaturated/α-hetero) is 1. The zero-order chi connectivity index (χ0) is 17.1. The maximum Gasteiger partial charge on any atom is 0.161 e. The van der Waals surface area contributed by atoms with Gasteiger partial charge in [-0.2, -0.15) is 0 Å². The van der Waals surface area contributed by atoms with Crippen LogP contribution in [0.15, 0.2) is 23.3 Å². The molecule has 0 heterocycles. The Hall–Kier alpha value is -0.930. The third kappa shape index (κ3) is 2.13. The molecule has 2 N–H and O–H groups in total. The van der Waals surface area contributed by atoms with Crippen molar-refractivity contribution in [1.82, 2.24) is 0 Å². The van der Waals surface area contributed by atoms with Gasteiger partial charge in [0.25, 0.3) is 0 Å². The minimum absolute atomic E-state index is 0.0258. The molecule has 0 radical (unpaired) electrons. The van der Waals surface area contributed by atoms with E-state index in [1.54, 1.807) is 5.57 Å². The molecule has 6 unspecified atom stereocenters. The van der Waals surface area contributed by atoms with Gasteiger partial charge in [-0.25, -0.2) is 0 Å². The van der Waals surface area contributed by atoms with Gasteiger partial charge in [-0.1, -0.05) is 37.1 Å². The lowest BCUT2D eigenvalue weighted by Crippen LogP contribution is -2.47. The maximum atomic E-state index is 12.3. The molecule has 0 aromatic carbocycles. The minimum atomic E-state index is -0.310. The summed E-state index contributed by atoms with van der Waals surface area (Å²) >= 11 is 0. The Bertz CT molecular complexity index is 619. The van der Waals surface area contributed by atoms with Gasteiger partial charge in [-0.15, -0.1) is 0 Å². The molecular formula is C21H30O3. The summed E-state index contributed by atoms with van der Waals surface area (Å²) < 4.78 is 0. The predicted octanol–water partition coefficient (Wildman–Crippen LogP) is 3.41. The van der Waals surface area contributed by atoms with Crippen LogP contribution in [0, 0.1) is 28.6 Å². The average molecular weight is 330 g/mol. The van der Waals surface area contributed by atoms with E-state index in [-0.39, 0.29) is 35.2 Å². The fourth-order valence-electron chi connectivity index (χ4n) is 6.62. The van der Waals surface area contributed by atoms with Crippen molar-refractivity contribution in [3.8, 4) is 0 Å². The van der Waals surface area contributed by atoms with E-state index >= 15 is 0 Å². The SMILES string of the molecule is CC12CCC(O)CC1=CC=C1C2CCC2(C)C(C(=O)CO)CCC12. The molecule has 0 aromatic heterocycles. The number of aliphatic hydroxyl groups is 2. The Kier molecular flexibility index (Phi) is 3.81. The largest absolute Gasteiger partial charge is 0.393 e. The number of allylic oxidation sites excluding steroid dienone is 3. The molecule has 4 rings (SSSR count). The molecule has 6 atom stereocenters. The van der Waals surface area contributed by atoms with Gasteiger partial charge in [0.2, 0.25) is 0 Å². The van der Waals surface area contributed by atoms with E-state index in [0.717, 1.165) is 44.9 Å². The second-order valence-electron chi connectivity index (χ2n) is 9.08. The smallest absolute Gasteiger partial charge is 0.161 e. The molecule has 0 spiro atoms. The minimum Gasteiger partial charge on any atom is -0.393 e. The van der Waals surface area contributed by atoms with E-state index in [4.69, 9.17) is 0 Å². The molecule has 3 heteroatoms. The van der Waals surface area contributed by atoms with E-state index in [9.17, 15) is 15.0 Å². The second kappa shape index (κ2) is 5.54. The Morgan fingerprint density at radius 1 is 1.12 bits per heavy atom. The van der Waals surface area contributed by atoms with Gasteiger partial charge >= 0.3 is 0 Å². The van der Waals surface area contributed by atoms with Crippen LogP contribution in [-0.4, -0.2) is 28.7 Å². The van der Waals surface area contributed by atoms with E-state index in [2.05, 4.69) is 26.0 Å². The molecule has 0 aliphatic heterocycles. The highest BCUT2D eigenvalue weighted by molar-refractivity contribution is 5.83.